The number of benzene rings is 1. The zero-order valence-corrected chi connectivity index (χ0v) is 8.97. The van der Waals surface area contributed by atoms with Crippen LogP contribution in [0.3, 0.4) is 0 Å². The van der Waals surface area contributed by atoms with E-state index < -0.39 is 11.8 Å². The van der Waals surface area contributed by atoms with Gasteiger partial charge in [0.1, 0.15) is 13.1 Å². The molecule has 6 nitrogen and oxygen atoms in total. The summed E-state index contributed by atoms with van der Waals surface area (Å²) in [6.07, 6.45) is 0. The maximum Gasteiger partial charge on any atom is 0.254 e. The zero-order valence-electron chi connectivity index (χ0n) is 8.97. The second-order valence-corrected chi connectivity index (χ2v) is 3.76. The van der Waals surface area contributed by atoms with E-state index in [1.54, 1.807) is 18.2 Å². The number of hydrogen-bond donors (Lipinski definition) is 2. The molecule has 0 spiro atoms. The molecule has 3 N–H and O–H groups in total. The number of carbonyl (C=O) groups excluding carboxylic acids is 3. The Kier molecular flexibility index (Phi) is 2.78. The second-order valence-electron chi connectivity index (χ2n) is 3.76. The summed E-state index contributed by atoms with van der Waals surface area (Å²) in [7, 11) is 0. The van der Waals surface area contributed by atoms with Crippen LogP contribution in [0.4, 0.5) is 5.69 Å². The van der Waals surface area contributed by atoms with E-state index in [0.717, 1.165) is 0 Å². The first kappa shape index (κ1) is 11.1. The molecule has 0 aliphatic carbocycles. The third kappa shape index (κ3) is 2.41. The first-order valence-corrected chi connectivity index (χ1v) is 5.04. The van der Waals surface area contributed by atoms with Gasteiger partial charge in [0.05, 0.1) is 0 Å². The number of nitrogens with one attached hydrogen (secondary N) is 1. The van der Waals surface area contributed by atoms with Gasteiger partial charge in [0.2, 0.25) is 11.8 Å². The van der Waals surface area contributed by atoms with Crippen LogP contribution in [0.25, 0.3) is 0 Å². The Hall–Kier alpha value is -2.37. The standard InChI is InChI=1S/C11H11N3O3/c12-8-3-1-2-7(4-8)11(17)14-5-9(15)13-10(16)6-14/h1-4H,5-6,12H2,(H,13,15,16). The minimum absolute atomic E-state index is 0.112. The fraction of sp³-hybridized carbons (Fsp3) is 0.182. The van der Waals surface area contributed by atoms with Crippen molar-refractivity contribution in [2.75, 3.05) is 18.8 Å². The van der Waals surface area contributed by atoms with E-state index in [-0.39, 0.29) is 19.0 Å². The highest BCUT2D eigenvalue weighted by Crippen LogP contribution is 2.10. The second kappa shape index (κ2) is 4.25. The van der Waals surface area contributed by atoms with Gasteiger partial charge in [-0.1, -0.05) is 6.07 Å². The summed E-state index contributed by atoms with van der Waals surface area (Å²) in [4.78, 5) is 35.4. The Balaban J connectivity index is 2.20. The van der Waals surface area contributed by atoms with Crippen LogP contribution in [-0.2, 0) is 9.59 Å². The van der Waals surface area contributed by atoms with Gasteiger partial charge in [0.25, 0.3) is 5.91 Å². The van der Waals surface area contributed by atoms with E-state index in [2.05, 4.69) is 5.32 Å². The minimum Gasteiger partial charge on any atom is -0.399 e. The highest BCUT2D eigenvalue weighted by atomic mass is 16.2. The SMILES string of the molecule is Nc1cccc(C(=O)N2CC(=O)NC(=O)C2)c1. The topological polar surface area (TPSA) is 92.5 Å². The number of nitrogens with zero attached hydrogens (tertiary/aromatic N) is 1. The van der Waals surface area contributed by atoms with Crippen molar-refractivity contribution in [3.05, 3.63) is 29.8 Å². The summed E-state index contributed by atoms with van der Waals surface area (Å²) in [6.45, 7) is -0.223. The van der Waals surface area contributed by atoms with Gasteiger partial charge >= 0.3 is 0 Å². The van der Waals surface area contributed by atoms with Crippen molar-refractivity contribution in [3.8, 4) is 0 Å². The van der Waals surface area contributed by atoms with Gasteiger partial charge in [-0.15, -0.1) is 0 Å². The first-order valence-electron chi connectivity index (χ1n) is 5.04. The smallest absolute Gasteiger partial charge is 0.254 e. The van der Waals surface area contributed by atoms with Crippen molar-refractivity contribution < 1.29 is 14.4 Å². The van der Waals surface area contributed by atoms with Crippen molar-refractivity contribution in [1.29, 1.82) is 0 Å². The maximum absolute atomic E-state index is 12.0. The van der Waals surface area contributed by atoms with E-state index in [1.165, 1.54) is 11.0 Å². The summed E-state index contributed by atoms with van der Waals surface area (Å²) in [5.74, 6) is -1.32. The highest BCUT2D eigenvalue weighted by molar-refractivity contribution is 6.05. The molecule has 17 heavy (non-hydrogen) atoms. The van der Waals surface area contributed by atoms with Gasteiger partial charge in [0, 0.05) is 11.3 Å². The van der Waals surface area contributed by atoms with Crippen molar-refractivity contribution in [2.45, 2.75) is 0 Å². The molecular weight excluding hydrogens is 222 g/mol. The summed E-state index contributed by atoms with van der Waals surface area (Å²) < 4.78 is 0. The van der Waals surface area contributed by atoms with Gasteiger partial charge in [-0.2, -0.15) is 0 Å². The molecule has 1 saturated heterocycles. The molecule has 0 unspecified atom stereocenters. The number of rotatable bonds is 1. The number of anilines is 1. The van der Waals surface area contributed by atoms with Gasteiger partial charge in [-0.3, -0.25) is 19.7 Å². The minimum atomic E-state index is -0.474. The van der Waals surface area contributed by atoms with Crippen LogP contribution >= 0.6 is 0 Å². The van der Waals surface area contributed by atoms with Gasteiger partial charge in [0.15, 0.2) is 0 Å². The van der Waals surface area contributed by atoms with Crippen molar-refractivity contribution in [1.82, 2.24) is 10.2 Å². The number of nitrogen functional groups attached to an aromatic ring is 1. The molecule has 1 heterocycles. The molecular formula is C11H11N3O3. The number of imide groups is 1. The molecule has 2 rings (SSSR count). The third-order valence-electron chi connectivity index (χ3n) is 2.37. The number of carbonyl (C=O) groups is 3. The van der Waals surface area contributed by atoms with E-state index in [0.29, 0.717) is 11.3 Å². The molecule has 0 radical (unpaired) electrons. The van der Waals surface area contributed by atoms with Gasteiger partial charge < -0.3 is 10.6 Å². The molecule has 1 aromatic rings. The lowest BCUT2D eigenvalue weighted by Crippen LogP contribution is -2.53. The van der Waals surface area contributed by atoms with Crippen LogP contribution in [0.1, 0.15) is 10.4 Å². The summed E-state index contributed by atoms with van der Waals surface area (Å²) in [5, 5.41) is 2.13. The largest absolute Gasteiger partial charge is 0.399 e. The molecule has 0 aromatic heterocycles. The molecule has 0 atom stereocenters. The monoisotopic (exact) mass is 233 g/mol. The van der Waals surface area contributed by atoms with E-state index in [4.69, 9.17) is 5.73 Å². The van der Waals surface area contributed by atoms with Gasteiger partial charge in [-0.05, 0) is 18.2 Å². The summed E-state index contributed by atoms with van der Waals surface area (Å²) in [6, 6.07) is 6.41. The van der Waals surface area contributed by atoms with Crippen LogP contribution in [0, 0.1) is 0 Å². The normalized spacial score (nSPS) is 15.6. The lowest BCUT2D eigenvalue weighted by atomic mass is 10.1. The van der Waals surface area contributed by atoms with Crippen LogP contribution in [0.2, 0.25) is 0 Å². The number of nitrogens with two attached hydrogens (primary N) is 1. The molecule has 0 bridgehead atoms. The fourth-order valence-electron chi connectivity index (χ4n) is 1.64. The molecule has 1 aliphatic rings. The predicted molar refractivity (Wildman–Crippen MR) is 59.9 cm³/mol. The molecule has 6 heteroatoms. The Morgan fingerprint density at radius 2 is 1.88 bits per heavy atom. The van der Waals surface area contributed by atoms with Crippen LogP contribution in [-0.4, -0.2) is 35.7 Å². The van der Waals surface area contributed by atoms with Crippen LogP contribution in [0.15, 0.2) is 24.3 Å². The first-order chi connectivity index (χ1) is 8.06. The van der Waals surface area contributed by atoms with E-state index in [9.17, 15) is 14.4 Å². The predicted octanol–water partition coefficient (Wildman–Crippen LogP) is -0.633. The Morgan fingerprint density at radius 1 is 1.24 bits per heavy atom. The van der Waals surface area contributed by atoms with E-state index >= 15 is 0 Å². The Bertz CT molecular complexity index is 482. The van der Waals surface area contributed by atoms with Crippen molar-refractivity contribution in [3.63, 3.8) is 0 Å². The molecule has 3 amide bonds. The quantitative estimate of drug-likeness (QED) is 0.499. The van der Waals surface area contributed by atoms with Gasteiger partial charge in [-0.25, -0.2) is 0 Å². The average Bonchev–Trinajstić information content (AvgIpc) is 2.26. The molecule has 1 fully saturated rings. The maximum atomic E-state index is 12.0. The fourth-order valence-corrected chi connectivity index (χ4v) is 1.64. The van der Waals surface area contributed by atoms with Crippen molar-refractivity contribution >= 4 is 23.4 Å². The van der Waals surface area contributed by atoms with E-state index in [1.807, 2.05) is 0 Å². The third-order valence-corrected chi connectivity index (χ3v) is 2.37. The Labute approximate surface area is 97.4 Å². The Morgan fingerprint density at radius 3 is 2.47 bits per heavy atom. The highest BCUT2D eigenvalue weighted by Gasteiger charge is 2.26. The van der Waals surface area contributed by atoms with Crippen LogP contribution in [0.5, 0.6) is 0 Å². The van der Waals surface area contributed by atoms with Crippen LogP contribution < -0.4 is 11.1 Å². The number of hydrogen-bond acceptors (Lipinski definition) is 4. The summed E-state index contributed by atoms with van der Waals surface area (Å²) in [5.41, 5.74) is 6.39. The molecule has 0 saturated carbocycles. The number of piperazine rings is 1. The number of amides is 3. The molecule has 88 valence electrons. The van der Waals surface area contributed by atoms with Crippen molar-refractivity contribution in [2.24, 2.45) is 0 Å². The lowest BCUT2D eigenvalue weighted by Gasteiger charge is -2.25. The zero-order chi connectivity index (χ0) is 12.4. The molecule has 1 aromatic carbocycles. The molecule has 1 aliphatic heterocycles. The average molecular weight is 233 g/mol. The summed E-state index contributed by atoms with van der Waals surface area (Å²) >= 11 is 0. The lowest BCUT2D eigenvalue weighted by molar-refractivity contribution is -0.135.